The van der Waals surface area contributed by atoms with Crippen molar-refractivity contribution >= 4 is 17.6 Å². The van der Waals surface area contributed by atoms with Crippen LogP contribution in [-0.4, -0.2) is 30.6 Å². The van der Waals surface area contributed by atoms with Gasteiger partial charge in [0.1, 0.15) is 16.4 Å². The van der Waals surface area contributed by atoms with Gasteiger partial charge in [0, 0.05) is 17.8 Å². The molecule has 0 bridgehead atoms. The molecule has 31 heavy (non-hydrogen) atoms. The molecule has 158 valence electrons. The Balaban J connectivity index is 1.75. The molecule has 0 saturated heterocycles. The molecule has 4 heterocycles. The summed E-state index contributed by atoms with van der Waals surface area (Å²) >= 11 is 0. The second-order valence-electron chi connectivity index (χ2n) is 6.46. The number of H-pyrrole nitrogens is 1. The fraction of sp³-hybridized carbons (Fsp3) is 0.158. The zero-order chi connectivity index (χ0) is 22.0. The molecule has 0 aromatic carbocycles. The van der Waals surface area contributed by atoms with Gasteiger partial charge in [-0.1, -0.05) is 13.3 Å². The second-order valence-corrected chi connectivity index (χ2v) is 6.46. The average Bonchev–Trinajstić information content (AvgIpc) is 3.47. The van der Waals surface area contributed by atoms with Crippen molar-refractivity contribution in [3.63, 3.8) is 0 Å². The molecular formula is C19H16N6O6. The maximum atomic E-state index is 12.6. The van der Waals surface area contributed by atoms with Gasteiger partial charge in [-0.2, -0.15) is 9.78 Å². The number of nitro groups is 1. The Labute approximate surface area is 173 Å². The molecule has 0 aliphatic heterocycles. The van der Waals surface area contributed by atoms with Crippen molar-refractivity contribution in [3.05, 3.63) is 74.6 Å². The predicted octanol–water partition coefficient (Wildman–Crippen LogP) is 2.92. The molecule has 1 amide bonds. The Morgan fingerprint density at radius 3 is 2.84 bits per heavy atom. The maximum absolute atomic E-state index is 12.6. The lowest BCUT2D eigenvalue weighted by Gasteiger charge is -2.08. The van der Waals surface area contributed by atoms with Crippen molar-refractivity contribution in [1.82, 2.24) is 19.7 Å². The fourth-order valence-electron chi connectivity index (χ4n) is 2.88. The summed E-state index contributed by atoms with van der Waals surface area (Å²) < 4.78 is 11.5. The molecule has 12 nitrogen and oxygen atoms in total. The van der Waals surface area contributed by atoms with Gasteiger partial charge in [-0.25, -0.2) is 4.98 Å². The van der Waals surface area contributed by atoms with Gasteiger partial charge in [-0.15, -0.1) is 0 Å². The number of anilines is 1. The Bertz CT molecular complexity index is 1300. The number of aromatic nitrogens is 4. The van der Waals surface area contributed by atoms with E-state index in [0.717, 1.165) is 12.5 Å². The fourth-order valence-corrected chi connectivity index (χ4v) is 2.88. The third kappa shape index (κ3) is 4.12. The van der Waals surface area contributed by atoms with Gasteiger partial charge in [0.2, 0.25) is 5.95 Å². The largest absolute Gasteiger partial charge is 0.463 e. The molecule has 4 aromatic heterocycles. The number of nitrogens with zero attached hydrogens (tertiary/aromatic N) is 4. The minimum atomic E-state index is -0.746. The number of rotatable bonds is 7. The first-order chi connectivity index (χ1) is 14.9. The number of carbonyl (C=O) groups excluding carboxylic acids is 1. The summed E-state index contributed by atoms with van der Waals surface area (Å²) in [6.07, 6.45) is 2.84. The minimum Gasteiger partial charge on any atom is -0.463 e. The number of amides is 1. The third-order valence-electron chi connectivity index (χ3n) is 4.21. The third-order valence-corrected chi connectivity index (χ3v) is 4.21. The summed E-state index contributed by atoms with van der Waals surface area (Å²) in [4.78, 5) is 41.7. The molecule has 0 atom stereocenters. The summed E-state index contributed by atoms with van der Waals surface area (Å²) in [6.45, 7) is 1.96. The van der Waals surface area contributed by atoms with Gasteiger partial charge in [0.15, 0.2) is 11.5 Å². The Hall–Kier alpha value is -4.48. The van der Waals surface area contributed by atoms with E-state index in [9.17, 15) is 19.7 Å². The number of carbonyl (C=O) groups is 1. The van der Waals surface area contributed by atoms with Gasteiger partial charge in [-0.3, -0.25) is 24.7 Å². The Morgan fingerprint density at radius 2 is 2.16 bits per heavy atom. The van der Waals surface area contributed by atoms with E-state index in [1.54, 1.807) is 12.1 Å². The highest BCUT2D eigenvalue weighted by Crippen LogP contribution is 2.25. The van der Waals surface area contributed by atoms with Crippen LogP contribution in [0.2, 0.25) is 0 Å². The zero-order valence-corrected chi connectivity index (χ0v) is 16.2. The molecule has 4 aromatic rings. The Morgan fingerprint density at radius 1 is 1.32 bits per heavy atom. The highest BCUT2D eigenvalue weighted by atomic mass is 16.6. The predicted molar refractivity (Wildman–Crippen MR) is 107 cm³/mol. The molecule has 0 aliphatic carbocycles. The lowest BCUT2D eigenvalue weighted by molar-refractivity contribution is -0.402. The van der Waals surface area contributed by atoms with Crippen molar-refractivity contribution in [2.24, 2.45) is 0 Å². The first-order valence-electron chi connectivity index (χ1n) is 9.24. The lowest BCUT2D eigenvalue weighted by atomic mass is 10.2. The van der Waals surface area contributed by atoms with Crippen LogP contribution in [0.4, 0.5) is 11.7 Å². The highest BCUT2D eigenvalue weighted by Gasteiger charge is 2.21. The van der Waals surface area contributed by atoms with Crippen molar-refractivity contribution in [3.8, 4) is 17.4 Å². The van der Waals surface area contributed by atoms with Crippen molar-refractivity contribution in [2.45, 2.75) is 19.8 Å². The molecule has 4 rings (SSSR count). The second kappa shape index (κ2) is 8.10. The molecular weight excluding hydrogens is 408 g/mol. The van der Waals surface area contributed by atoms with Gasteiger partial charge >= 0.3 is 5.88 Å². The van der Waals surface area contributed by atoms with Crippen LogP contribution >= 0.6 is 0 Å². The molecule has 0 aliphatic rings. The van der Waals surface area contributed by atoms with Crippen LogP contribution in [0.25, 0.3) is 17.4 Å². The van der Waals surface area contributed by atoms with Crippen molar-refractivity contribution < 1.29 is 18.6 Å². The van der Waals surface area contributed by atoms with E-state index in [4.69, 9.17) is 8.83 Å². The number of nitrogens with one attached hydrogen (secondary N) is 2. The van der Waals surface area contributed by atoms with Gasteiger partial charge in [-0.05, 0) is 24.6 Å². The summed E-state index contributed by atoms with van der Waals surface area (Å²) in [5.74, 6) is -0.905. The number of aromatic amines is 1. The molecule has 0 unspecified atom stereocenters. The zero-order valence-electron chi connectivity index (χ0n) is 16.2. The standard InChI is InChI=1S/C19H16N6O6/c1-2-4-11-9-16(26)22-19(20-11)24-15(10-12(23-24)13-5-3-8-30-13)21-18(27)14-6-7-17(31-14)25(28)29/h3,5-10H,2,4H2,1H3,(H,21,27)(H,20,22,26). The average molecular weight is 424 g/mol. The van der Waals surface area contributed by atoms with Crippen LogP contribution in [0, 0.1) is 10.1 Å². The number of hydrogen-bond donors (Lipinski definition) is 2. The van der Waals surface area contributed by atoms with Crippen LogP contribution < -0.4 is 10.9 Å². The molecule has 0 fully saturated rings. The van der Waals surface area contributed by atoms with Crippen LogP contribution in [0.3, 0.4) is 0 Å². The van der Waals surface area contributed by atoms with Crippen molar-refractivity contribution in [2.75, 3.05) is 5.32 Å². The van der Waals surface area contributed by atoms with E-state index in [2.05, 4.69) is 20.4 Å². The summed E-state index contributed by atoms with van der Waals surface area (Å²) in [6, 6.07) is 8.52. The van der Waals surface area contributed by atoms with E-state index >= 15 is 0 Å². The minimum absolute atomic E-state index is 0.0921. The topological polar surface area (TPSA) is 162 Å². The summed E-state index contributed by atoms with van der Waals surface area (Å²) in [7, 11) is 0. The molecule has 0 saturated carbocycles. The Kier molecular flexibility index (Phi) is 5.18. The SMILES string of the molecule is CCCc1cc(=O)[nH]c(-n2nc(-c3ccco3)cc2NC(=O)c2ccc([N+](=O)[O-])o2)n1. The van der Waals surface area contributed by atoms with E-state index in [1.807, 2.05) is 6.92 Å². The normalized spacial score (nSPS) is 10.9. The number of hydrogen-bond acceptors (Lipinski definition) is 8. The van der Waals surface area contributed by atoms with E-state index in [-0.39, 0.29) is 23.1 Å². The number of furan rings is 2. The quantitative estimate of drug-likeness (QED) is 0.338. The molecule has 0 radical (unpaired) electrons. The summed E-state index contributed by atoms with van der Waals surface area (Å²) in [5, 5.41) is 17.8. The maximum Gasteiger partial charge on any atom is 0.433 e. The molecule has 0 spiro atoms. The van der Waals surface area contributed by atoms with Crippen molar-refractivity contribution in [1.29, 1.82) is 0 Å². The van der Waals surface area contributed by atoms with E-state index in [0.29, 0.717) is 23.6 Å². The monoisotopic (exact) mass is 424 g/mol. The van der Waals surface area contributed by atoms with Crippen LogP contribution in [-0.2, 0) is 6.42 Å². The smallest absolute Gasteiger partial charge is 0.433 e. The first-order valence-corrected chi connectivity index (χ1v) is 9.24. The summed E-state index contributed by atoms with van der Waals surface area (Å²) in [5.41, 5.74) is 0.562. The van der Waals surface area contributed by atoms with Gasteiger partial charge in [0.05, 0.1) is 12.3 Å². The highest BCUT2D eigenvalue weighted by molar-refractivity contribution is 6.02. The van der Waals surface area contributed by atoms with E-state index in [1.165, 1.54) is 29.1 Å². The van der Waals surface area contributed by atoms with E-state index < -0.39 is 16.7 Å². The molecule has 2 N–H and O–H groups in total. The first kappa shape index (κ1) is 19.8. The van der Waals surface area contributed by atoms with Crippen LogP contribution in [0.5, 0.6) is 0 Å². The van der Waals surface area contributed by atoms with Crippen LogP contribution in [0.1, 0.15) is 29.6 Å². The van der Waals surface area contributed by atoms with Gasteiger partial charge in [0.25, 0.3) is 11.5 Å². The number of aryl methyl sites for hydroxylation is 1. The lowest BCUT2D eigenvalue weighted by Crippen LogP contribution is -2.19. The molecule has 12 heteroatoms. The van der Waals surface area contributed by atoms with Gasteiger partial charge < -0.3 is 14.2 Å². The van der Waals surface area contributed by atoms with Crippen LogP contribution in [0.15, 0.2) is 56.3 Å².